The molecule has 1 unspecified atom stereocenters. The van der Waals surface area contributed by atoms with Gasteiger partial charge in [0, 0.05) is 62.3 Å². The largest absolute Gasteiger partial charge is 0.444 e. The van der Waals surface area contributed by atoms with E-state index in [0.717, 1.165) is 29.8 Å². The number of carbonyl (C=O) groups is 2. The van der Waals surface area contributed by atoms with Crippen molar-refractivity contribution < 1.29 is 23.1 Å². The number of likely N-dealkylation sites (tertiary alicyclic amines) is 1. The Hall–Kier alpha value is -3.67. The van der Waals surface area contributed by atoms with Gasteiger partial charge in [-0.1, -0.05) is 23.6 Å². The Bertz CT molecular complexity index is 1310. The highest BCUT2D eigenvalue weighted by Crippen LogP contribution is 2.36. The molecule has 1 atom stereocenters. The monoisotopic (exact) mass is 566 g/mol. The van der Waals surface area contributed by atoms with Gasteiger partial charge in [0.1, 0.15) is 5.60 Å². The standard InChI is InChI=1S/C32H40F2N4O3/c1-31(2,3)41-30(40)38-16-14-32(33,34)25(21-38)11-8-15-36-29(39)24-19-26(17-22-9-6-5-7-10-22)37-28(20-24)27(35-4)18-23-12-13-23/h5-6,9,18-20,23,25,35H,8,11-17,21H2,1-4H3,(H,36,39)/b27-18+. The summed E-state index contributed by atoms with van der Waals surface area (Å²) in [6, 6.07) is 3.52. The fourth-order valence-electron chi connectivity index (χ4n) is 4.86. The van der Waals surface area contributed by atoms with Crippen molar-refractivity contribution >= 4 is 17.7 Å². The molecule has 7 nitrogen and oxygen atoms in total. The Labute approximate surface area is 241 Å². The first-order valence-electron chi connectivity index (χ1n) is 14.4. The molecule has 1 aromatic heterocycles. The van der Waals surface area contributed by atoms with Gasteiger partial charge in [-0.25, -0.2) is 13.6 Å². The quantitative estimate of drug-likeness (QED) is 0.276. The van der Waals surface area contributed by atoms with Gasteiger partial charge in [-0.05, 0) is 76.7 Å². The number of rotatable bonds is 10. The van der Waals surface area contributed by atoms with Crippen LogP contribution >= 0.6 is 0 Å². The molecular formula is C32H40F2N4O3. The first kappa shape index (κ1) is 30.3. The normalized spacial score (nSPS) is 20.0. The Morgan fingerprint density at radius 2 is 2.05 bits per heavy atom. The van der Waals surface area contributed by atoms with Crippen molar-refractivity contribution in [2.45, 2.75) is 70.8 Å². The van der Waals surface area contributed by atoms with E-state index in [-0.39, 0.29) is 32.0 Å². The van der Waals surface area contributed by atoms with E-state index in [1.54, 1.807) is 39.0 Å². The number of aromatic nitrogens is 1. The highest BCUT2D eigenvalue weighted by atomic mass is 19.3. The summed E-state index contributed by atoms with van der Waals surface area (Å²) < 4.78 is 34.7. The minimum absolute atomic E-state index is 0.0373. The second kappa shape index (κ2) is 12.9. The second-order valence-corrected chi connectivity index (χ2v) is 11.9. The van der Waals surface area contributed by atoms with Gasteiger partial charge < -0.3 is 20.3 Å². The lowest BCUT2D eigenvalue weighted by Gasteiger charge is -2.38. The van der Waals surface area contributed by atoms with E-state index in [2.05, 4.69) is 28.2 Å². The Balaban J connectivity index is 1.40. The van der Waals surface area contributed by atoms with E-state index in [9.17, 15) is 18.4 Å². The zero-order valence-corrected chi connectivity index (χ0v) is 24.4. The number of pyridine rings is 1. The van der Waals surface area contributed by atoms with Crippen LogP contribution in [0, 0.1) is 11.8 Å². The lowest BCUT2D eigenvalue weighted by Crippen LogP contribution is -2.50. The highest BCUT2D eigenvalue weighted by molar-refractivity contribution is 5.95. The van der Waals surface area contributed by atoms with Crippen LogP contribution in [0.4, 0.5) is 13.6 Å². The van der Waals surface area contributed by atoms with Gasteiger partial charge in [0.25, 0.3) is 11.8 Å². The molecule has 9 heteroatoms. The van der Waals surface area contributed by atoms with Crippen molar-refractivity contribution in [3.63, 3.8) is 0 Å². The first-order chi connectivity index (χ1) is 19.4. The van der Waals surface area contributed by atoms with E-state index in [1.807, 2.05) is 19.2 Å². The summed E-state index contributed by atoms with van der Waals surface area (Å²) in [6.07, 6.45) is 10.1. The lowest BCUT2D eigenvalue weighted by molar-refractivity contribution is -0.107. The van der Waals surface area contributed by atoms with Crippen molar-refractivity contribution in [3.05, 3.63) is 70.4 Å². The van der Waals surface area contributed by atoms with E-state index >= 15 is 0 Å². The number of piperidine rings is 1. The number of ether oxygens (including phenoxy) is 1. The van der Waals surface area contributed by atoms with Gasteiger partial charge in [0.2, 0.25) is 0 Å². The van der Waals surface area contributed by atoms with E-state index in [1.165, 1.54) is 4.90 Å². The van der Waals surface area contributed by atoms with Crippen LogP contribution in [-0.2, 0) is 11.2 Å². The van der Waals surface area contributed by atoms with Crippen LogP contribution in [0.1, 0.15) is 74.6 Å². The number of nitrogens with one attached hydrogen (secondary N) is 2. The van der Waals surface area contributed by atoms with Crippen LogP contribution < -0.4 is 10.6 Å². The summed E-state index contributed by atoms with van der Waals surface area (Å²) in [4.78, 5) is 31.8. The van der Waals surface area contributed by atoms with E-state index < -0.39 is 30.0 Å². The minimum atomic E-state index is -2.87. The molecule has 1 aliphatic heterocycles. The van der Waals surface area contributed by atoms with Gasteiger partial charge in [-0.15, -0.1) is 0 Å². The summed E-state index contributed by atoms with van der Waals surface area (Å²) in [5.41, 5.74) is 9.00. The molecule has 41 heavy (non-hydrogen) atoms. The molecule has 1 saturated carbocycles. The number of hydrogen-bond donors (Lipinski definition) is 2. The fourth-order valence-corrected chi connectivity index (χ4v) is 4.86. The summed E-state index contributed by atoms with van der Waals surface area (Å²) in [6.45, 7) is 5.38. The molecule has 0 bridgehead atoms. The molecule has 2 fully saturated rings. The molecule has 4 rings (SSSR count). The Morgan fingerprint density at radius 1 is 1.27 bits per heavy atom. The van der Waals surface area contributed by atoms with Crippen molar-refractivity contribution in [1.82, 2.24) is 20.5 Å². The van der Waals surface area contributed by atoms with Crippen molar-refractivity contribution in [3.8, 4) is 0 Å². The molecule has 3 aliphatic rings. The second-order valence-electron chi connectivity index (χ2n) is 11.9. The van der Waals surface area contributed by atoms with Crippen molar-refractivity contribution in [2.75, 3.05) is 26.7 Å². The maximum Gasteiger partial charge on any atom is 0.410 e. The molecule has 220 valence electrons. The molecule has 0 aromatic carbocycles. The van der Waals surface area contributed by atoms with Crippen LogP contribution in [0.5, 0.6) is 0 Å². The van der Waals surface area contributed by atoms with E-state index in [0.29, 0.717) is 30.0 Å². The third-order valence-corrected chi connectivity index (χ3v) is 7.21. The number of nitrogens with zero attached hydrogens (tertiary/aromatic N) is 2. The lowest BCUT2D eigenvalue weighted by atomic mass is 9.89. The summed E-state index contributed by atoms with van der Waals surface area (Å²) in [7, 11) is 1.84. The maximum atomic E-state index is 14.7. The third kappa shape index (κ3) is 8.91. The van der Waals surface area contributed by atoms with Crippen molar-refractivity contribution in [2.24, 2.45) is 11.8 Å². The number of alkyl halides is 2. The van der Waals surface area contributed by atoms with Gasteiger partial charge in [0.15, 0.2) is 0 Å². The van der Waals surface area contributed by atoms with Gasteiger partial charge in [0.05, 0.1) is 11.4 Å². The average molecular weight is 567 g/mol. The average Bonchev–Trinajstić information content (AvgIpc) is 3.74. The number of carbonyl (C=O) groups excluding carboxylic acids is 2. The van der Waals surface area contributed by atoms with Crippen molar-refractivity contribution in [1.29, 1.82) is 0 Å². The molecule has 1 saturated heterocycles. The number of allylic oxidation sites excluding steroid dienone is 5. The maximum absolute atomic E-state index is 14.7. The zero-order valence-electron chi connectivity index (χ0n) is 24.4. The molecule has 0 radical (unpaired) electrons. The highest BCUT2D eigenvalue weighted by Gasteiger charge is 2.45. The van der Waals surface area contributed by atoms with Crippen LogP contribution in [0.25, 0.3) is 5.70 Å². The van der Waals surface area contributed by atoms with Crippen LogP contribution in [-0.4, -0.2) is 60.1 Å². The number of hydrogen-bond acceptors (Lipinski definition) is 5. The summed E-state index contributed by atoms with van der Waals surface area (Å²) >= 11 is 0. The molecular weight excluding hydrogens is 526 g/mol. The third-order valence-electron chi connectivity index (χ3n) is 7.21. The van der Waals surface area contributed by atoms with Crippen LogP contribution in [0.2, 0.25) is 0 Å². The van der Waals surface area contributed by atoms with Crippen LogP contribution in [0.15, 0.2) is 53.5 Å². The predicted molar refractivity (Wildman–Crippen MR) is 154 cm³/mol. The topological polar surface area (TPSA) is 83.6 Å². The molecule has 0 spiro atoms. The SMILES string of the molecule is CN/C(=C/C1CC1)c1cc(C(=O)NCCCC2CN(C(=O)OC(C)(C)C)CCC2(F)F)cc(CC2=C=C=CC=C2)n1. The van der Waals surface area contributed by atoms with Gasteiger partial charge in [-0.3, -0.25) is 9.78 Å². The Kier molecular flexibility index (Phi) is 9.52. The molecule has 1 aromatic rings. The summed E-state index contributed by atoms with van der Waals surface area (Å²) in [5, 5.41) is 6.10. The Morgan fingerprint density at radius 3 is 2.71 bits per heavy atom. The molecule has 2 N–H and O–H groups in total. The molecule has 2 aliphatic carbocycles. The van der Waals surface area contributed by atoms with Crippen LogP contribution in [0.3, 0.4) is 0 Å². The summed E-state index contributed by atoms with van der Waals surface area (Å²) in [5.74, 6) is -3.64. The minimum Gasteiger partial charge on any atom is -0.444 e. The van der Waals surface area contributed by atoms with Gasteiger partial charge in [-0.2, -0.15) is 0 Å². The first-order valence-corrected chi connectivity index (χ1v) is 14.4. The number of halogens is 2. The molecule has 2 heterocycles. The number of amides is 2. The zero-order chi connectivity index (χ0) is 29.6. The smallest absolute Gasteiger partial charge is 0.410 e. The molecule has 2 amide bonds. The predicted octanol–water partition coefficient (Wildman–Crippen LogP) is 5.80. The van der Waals surface area contributed by atoms with Gasteiger partial charge >= 0.3 is 6.09 Å². The fraction of sp³-hybridized carbons (Fsp3) is 0.531. The van der Waals surface area contributed by atoms with E-state index in [4.69, 9.17) is 9.72 Å².